The van der Waals surface area contributed by atoms with Gasteiger partial charge in [0, 0.05) is 19.1 Å². The van der Waals surface area contributed by atoms with E-state index >= 15 is 0 Å². The van der Waals surface area contributed by atoms with Crippen molar-refractivity contribution in [2.45, 2.75) is 46.1 Å². The summed E-state index contributed by atoms with van der Waals surface area (Å²) in [6.07, 6.45) is 4.08. The highest BCUT2D eigenvalue weighted by Gasteiger charge is 2.23. The summed E-state index contributed by atoms with van der Waals surface area (Å²) < 4.78 is 0. The van der Waals surface area contributed by atoms with Gasteiger partial charge >= 0.3 is 0 Å². The second-order valence-electron chi connectivity index (χ2n) is 5.16. The number of rotatable bonds is 5. The lowest BCUT2D eigenvalue weighted by atomic mass is 10.0. The fraction of sp³-hybridized carbons (Fsp3) is 1.00. The zero-order valence-electron chi connectivity index (χ0n) is 11.0. The maximum Gasteiger partial charge on any atom is 0.0223 e. The topological polar surface area (TPSA) is 6.48 Å². The highest BCUT2D eigenvalue weighted by molar-refractivity contribution is 4.79. The fourth-order valence-electron chi connectivity index (χ4n) is 2.50. The molecule has 1 aliphatic heterocycles. The molecule has 1 unspecified atom stereocenters. The van der Waals surface area contributed by atoms with Crippen molar-refractivity contribution in [3.05, 3.63) is 0 Å². The molecule has 15 heavy (non-hydrogen) atoms. The van der Waals surface area contributed by atoms with Crippen LogP contribution >= 0.6 is 0 Å². The SMILES string of the molecule is CC[C@@H](C)CN(CC)C1CCCN(C)C1. The van der Waals surface area contributed by atoms with E-state index in [0.29, 0.717) is 0 Å². The fourth-order valence-corrected chi connectivity index (χ4v) is 2.50. The van der Waals surface area contributed by atoms with Crippen LogP contribution in [0.2, 0.25) is 0 Å². The Morgan fingerprint density at radius 2 is 2.13 bits per heavy atom. The average molecular weight is 212 g/mol. The molecule has 0 amide bonds. The molecular weight excluding hydrogens is 184 g/mol. The van der Waals surface area contributed by atoms with E-state index in [4.69, 9.17) is 0 Å². The summed E-state index contributed by atoms with van der Waals surface area (Å²) in [5, 5.41) is 0. The van der Waals surface area contributed by atoms with E-state index in [-0.39, 0.29) is 0 Å². The van der Waals surface area contributed by atoms with Gasteiger partial charge in [-0.25, -0.2) is 0 Å². The van der Waals surface area contributed by atoms with Gasteiger partial charge in [-0.2, -0.15) is 0 Å². The molecule has 1 fully saturated rings. The molecule has 2 atom stereocenters. The molecule has 2 heteroatoms. The van der Waals surface area contributed by atoms with Crippen LogP contribution in [-0.2, 0) is 0 Å². The van der Waals surface area contributed by atoms with Gasteiger partial charge in [0.1, 0.15) is 0 Å². The quantitative estimate of drug-likeness (QED) is 0.691. The van der Waals surface area contributed by atoms with Gasteiger partial charge in [-0.15, -0.1) is 0 Å². The van der Waals surface area contributed by atoms with Gasteiger partial charge in [0.25, 0.3) is 0 Å². The van der Waals surface area contributed by atoms with Crippen LogP contribution in [-0.4, -0.2) is 49.1 Å². The Kier molecular flexibility index (Phi) is 5.62. The summed E-state index contributed by atoms with van der Waals surface area (Å²) in [6, 6.07) is 0.808. The molecule has 0 spiro atoms. The molecule has 0 aromatic heterocycles. The second-order valence-corrected chi connectivity index (χ2v) is 5.16. The Bertz CT molecular complexity index is 170. The molecule has 2 nitrogen and oxygen atoms in total. The van der Waals surface area contributed by atoms with Crippen LogP contribution in [0.15, 0.2) is 0 Å². The number of piperidine rings is 1. The van der Waals surface area contributed by atoms with Crippen LogP contribution in [0, 0.1) is 5.92 Å². The van der Waals surface area contributed by atoms with Crippen molar-refractivity contribution in [1.29, 1.82) is 0 Å². The van der Waals surface area contributed by atoms with E-state index in [9.17, 15) is 0 Å². The Labute approximate surface area is 95.6 Å². The summed E-state index contributed by atoms with van der Waals surface area (Å²) in [4.78, 5) is 5.16. The normalized spacial score (nSPS) is 25.8. The van der Waals surface area contributed by atoms with Crippen molar-refractivity contribution in [2.75, 3.05) is 33.2 Å². The third-order valence-electron chi connectivity index (χ3n) is 3.77. The highest BCUT2D eigenvalue weighted by atomic mass is 15.2. The van der Waals surface area contributed by atoms with E-state index in [1.54, 1.807) is 0 Å². The van der Waals surface area contributed by atoms with Crippen molar-refractivity contribution in [3.8, 4) is 0 Å². The highest BCUT2D eigenvalue weighted by Crippen LogP contribution is 2.16. The standard InChI is InChI=1S/C13H28N2/c1-5-12(3)10-15(6-2)13-8-7-9-14(4)11-13/h12-13H,5-11H2,1-4H3/t12-,13?/m1/s1. The third kappa shape index (κ3) is 4.12. The van der Waals surface area contributed by atoms with Crippen molar-refractivity contribution < 1.29 is 0 Å². The Hall–Kier alpha value is -0.0800. The van der Waals surface area contributed by atoms with Gasteiger partial charge in [-0.1, -0.05) is 27.2 Å². The van der Waals surface area contributed by atoms with Crippen LogP contribution in [0.3, 0.4) is 0 Å². The smallest absolute Gasteiger partial charge is 0.0223 e. The van der Waals surface area contributed by atoms with Crippen LogP contribution in [0.1, 0.15) is 40.0 Å². The van der Waals surface area contributed by atoms with Gasteiger partial charge in [-0.05, 0) is 38.9 Å². The lowest BCUT2D eigenvalue weighted by Crippen LogP contribution is -2.47. The molecule has 1 rings (SSSR count). The third-order valence-corrected chi connectivity index (χ3v) is 3.77. The van der Waals surface area contributed by atoms with Crippen molar-refractivity contribution >= 4 is 0 Å². The van der Waals surface area contributed by atoms with Crippen LogP contribution < -0.4 is 0 Å². The Balaban J connectivity index is 2.42. The van der Waals surface area contributed by atoms with Gasteiger partial charge in [0.05, 0.1) is 0 Å². The molecule has 0 aromatic carbocycles. The molecule has 1 heterocycles. The number of likely N-dealkylation sites (tertiary alicyclic amines) is 1. The van der Waals surface area contributed by atoms with E-state index in [0.717, 1.165) is 12.0 Å². The predicted octanol–water partition coefficient (Wildman–Crippen LogP) is 2.45. The largest absolute Gasteiger partial charge is 0.305 e. The van der Waals surface area contributed by atoms with Gasteiger partial charge in [-0.3, -0.25) is 4.90 Å². The lowest BCUT2D eigenvalue weighted by molar-refractivity contribution is 0.103. The lowest BCUT2D eigenvalue weighted by Gasteiger charge is -2.38. The zero-order valence-corrected chi connectivity index (χ0v) is 11.0. The molecule has 0 N–H and O–H groups in total. The van der Waals surface area contributed by atoms with Crippen molar-refractivity contribution in [2.24, 2.45) is 5.92 Å². The molecule has 0 aliphatic carbocycles. The first-order valence-electron chi connectivity index (χ1n) is 6.59. The summed E-state index contributed by atoms with van der Waals surface area (Å²) in [7, 11) is 2.25. The number of hydrogen-bond acceptors (Lipinski definition) is 2. The monoisotopic (exact) mass is 212 g/mol. The summed E-state index contributed by atoms with van der Waals surface area (Å²) in [5.74, 6) is 0.845. The van der Waals surface area contributed by atoms with Crippen LogP contribution in [0.4, 0.5) is 0 Å². The molecule has 90 valence electrons. The Morgan fingerprint density at radius 3 is 2.67 bits per heavy atom. The minimum atomic E-state index is 0.808. The predicted molar refractivity (Wildman–Crippen MR) is 67.2 cm³/mol. The zero-order chi connectivity index (χ0) is 11.3. The van der Waals surface area contributed by atoms with E-state index in [2.05, 4.69) is 37.6 Å². The summed E-state index contributed by atoms with van der Waals surface area (Å²) in [5.41, 5.74) is 0. The van der Waals surface area contributed by atoms with Crippen LogP contribution in [0.25, 0.3) is 0 Å². The maximum absolute atomic E-state index is 2.68. The molecule has 0 saturated carbocycles. The van der Waals surface area contributed by atoms with Gasteiger partial charge in [0.2, 0.25) is 0 Å². The van der Waals surface area contributed by atoms with Crippen molar-refractivity contribution in [1.82, 2.24) is 9.80 Å². The molecule has 0 aromatic rings. The Morgan fingerprint density at radius 1 is 1.40 bits per heavy atom. The molecule has 1 aliphatic rings. The first-order valence-corrected chi connectivity index (χ1v) is 6.59. The van der Waals surface area contributed by atoms with E-state index in [1.165, 1.54) is 45.4 Å². The molecule has 0 radical (unpaired) electrons. The van der Waals surface area contributed by atoms with E-state index in [1.807, 2.05) is 0 Å². The minimum Gasteiger partial charge on any atom is -0.305 e. The number of likely N-dealkylation sites (N-methyl/N-ethyl adjacent to an activating group) is 2. The van der Waals surface area contributed by atoms with Crippen LogP contribution in [0.5, 0.6) is 0 Å². The first-order chi connectivity index (χ1) is 7.17. The summed E-state index contributed by atoms with van der Waals surface area (Å²) in [6.45, 7) is 12.0. The van der Waals surface area contributed by atoms with Crippen molar-refractivity contribution in [3.63, 3.8) is 0 Å². The molecule has 1 saturated heterocycles. The average Bonchev–Trinajstić information content (AvgIpc) is 2.25. The maximum atomic E-state index is 2.68. The molecular formula is C13H28N2. The van der Waals surface area contributed by atoms with Gasteiger partial charge in [0.15, 0.2) is 0 Å². The van der Waals surface area contributed by atoms with Gasteiger partial charge < -0.3 is 4.90 Å². The molecule has 0 bridgehead atoms. The summed E-state index contributed by atoms with van der Waals surface area (Å²) >= 11 is 0. The number of nitrogens with zero attached hydrogens (tertiary/aromatic N) is 2. The number of hydrogen-bond donors (Lipinski definition) is 0. The van der Waals surface area contributed by atoms with E-state index < -0.39 is 0 Å². The first kappa shape index (κ1) is 13.0. The second kappa shape index (κ2) is 6.49. The minimum absolute atomic E-state index is 0.808.